The topological polar surface area (TPSA) is 94.8 Å². The summed E-state index contributed by atoms with van der Waals surface area (Å²) in [5.41, 5.74) is -2.11. The van der Waals surface area contributed by atoms with Crippen molar-refractivity contribution < 1.29 is 24.9 Å². The Morgan fingerprint density at radius 1 is 1.04 bits per heavy atom. The highest BCUT2D eigenvalue weighted by atomic mass is 16.3. The molecule has 5 nitrogen and oxygen atoms in total. The first kappa shape index (κ1) is 18.6. The number of aliphatic hydroxyl groups excluding tert-OH is 2. The second-order valence-electron chi connectivity index (χ2n) is 10.0. The molecule has 3 N–H and O–H groups in total. The van der Waals surface area contributed by atoms with Crippen LogP contribution in [0.2, 0.25) is 0 Å². The van der Waals surface area contributed by atoms with E-state index in [0.29, 0.717) is 25.7 Å². The van der Waals surface area contributed by atoms with E-state index in [1.165, 1.54) is 6.92 Å². The highest BCUT2D eigenvalue weighted by Crippen LogP contribution is 2.67. The monoisotopic (exact) mass is 364 g/mol. The quantitative estimate of drug-likeness (QED) is 0.660. The van der Waals surface area contributed by atoms with Crippen molar-refractivity contribution in [3.8, 4) is 0 Å². The third kappa shape index (κ3) is 2.08. The van der Waals surface area contributed by atoms with E-state index in [4.69, 9.17) is 0 Å². The van der Waals surface area contributed by atoms with Crippen LogP contribution in [0.15, 0.2) is 0 Å². The van der Waals surface area contributed by atoms with E-state index in [9.17, 15) is 24.9 Å². The predicted molar refractivity (Wildman–Crippen MR) is 95.1 cm³/mol. The lowest BCUT2D eigenvalue weighted by Gasteiger charge is -2.61. The summed E-state index contributed by atoms with van der Waals surface area (Å²) in [6.07, 6.45) is 3.15. The number of aliphatic hydroxyl groups is 3. The van der Waals surface area contributed by atoms with E-state index in [0.717, 1.165) is 19.3 Å². The number of rotatable bonds is 1. The molecule has 0 aromatic carbocycles. The van der Waals surface area contributed by atoms with Crippen LogP contribution in [0.3, 0.4) is 0 Å². The lowest BCUT2D eigenvalue weighted by molar-refractivity contribution is -0.195. The van der Waals surface area contributed by atoms with Crippen molar-refractivity contribution in [3.05, 3.63) is 0 Å². The van der Waals surface area contributed by atoms with Gasteiger partial charge in [-0.25, -0.2) is 0 Å². The zero-order valence-corrected chi connectivity index (χ0v) is 16.1. The van der Waals surface area contributed by atoms with E-state index in [1.54, 1.807) is 0 Å². The molecular formula is C21H32O5. The van der Waals surface area contributed by atoms with Crippen molar-refractivity contribution in [1.82, 2.24) is 0 Å². The van der Waals surface area contributed by atoms with Gasteiger partial charge in [-0.3, -0.25) is 9.59 Å². The standard InChI is InChI=1S/C21H32O5/c1-11(22)21(26)9-6-14-16-13(5-8-20(14,21)3)19(2)7-4-12(23)10-15(19)17(24)18(16)25/h12-16,18,23,25-26H,4-10H2,1-3H3/t12-,13-,14-,15+,16+,18+,19+,20-,21-/m0/s1. The molecular weight excluding hydrogens is 332 g/mol. The van der Waals surface area contributed by atoms with Gasteiger partial charge < -0.3 is 15.3 Å². The molecule has 5 heteroatoms. The average Bonchev–Trinajstić information content (AvgIpc) is 2.87. The number of carbonyl (C=O) groups is 2. The summed E-state index contributed by atoms with van der Waals surface area (Å²) in [4.78, 5) is 25.3. The van der Waals surface area contributed by atoms with Gasteiger partial charge in [0.05, 0.1) is 6.10 Å². The van der Waals surface area contributed by atoms with Crippen LogP contribution >= 0.6 is 0 Å². The van der Waals surface area contributed by atoms with Crippen LogP contribution in [0.5, 0.6) is 0 Å². The zero-order valence-electron chi connectivity index (χ0n) is 16.1. The number of hydrogen-bond donors (Lipinski definition) is 3. The minimum Gasteiger partial charge on any atom is -0.393 e. The number of hydrogen-bond acceptors (Lipinski definition) is 5. The Hall–Kier alpha value is -0.780. The van der Waals surface area contributed by atoms with Gasteiger partial charge in [0.1, 0.15) is 11.7 Å². The van der Waals surface area contributed by atoms with E-state index in [-0.39, 0.29) is 40.7 Å². The molecule has 4 rings (SSSR count). The molecule has 4 saturated carbocycles. The Balaban J connectivity index is 1.74. The van der Waals surface area contributed by atoms with Crippen LogP contribution in [0, 0.1) is 34.5 Å². The summed E-state index contributed by atoms with van der Waals surface area (Å²) < 4.78 is 0. The number of ketones is 2. The van der Waals surface area contributed by atoms with Crippen molar-refractivity contribution in [2.45, 2.75) is 83.5 Å². The molecule has 0 aliphatic heterocycles. The third-order valence-electron chi connectivity index (χ3n) is 9.23. The first-order chi connectivity index (χ1) is 12.1. The van der Waals surface area contributed by atoms with E-state index < -0.39 is 23.2 Å². The number of fused-ring (bicyclic) bond motifs is 5. The molecule has 0 amide bonds. The largest absolute Gasteiger partial charge is 0.393 e. The number of carbonyl (C=O) groups excluding carboxylic acids is 2. The zero-order chi connectivity index (χ0) is 19.1. The Morgan fingerprint density at radius 2 is 1.69 bits per heavy atom. The maximum absolute atomic E-state index is 13.1. The summed E-state index contributed by atoms with van der Waals surface area (Å²) >= 11 is 0. The predicted octanol–water partition coefficient (Wildman–Crippen LogP) is 1.86. The molecule has 9 atom stereocenters. The van der Waals surface area contributed by atoms with Crippen LogP contribution < -0.4 is 0 Å². The fourth-order valence-corrected chi connectivity index (χ4v) is 7.59. The first-order valence-electron chi connectivity index (χ1n) is 10.2. The third-order valence-corrected chi connectivity index (χ3v) is 9.23. The molecule has 0 bridgehead atoms. The highest BCUT2D eigenvalue weighted by molar-refractivity contribution is 5.88. The SMILES string of the molecule is CC(=O)[C@@]1(O)CC[C@H]2[C@@H]3[C@@H](O)C(=O)[C@H]4C[C@@H](O)CC[C@]4(C)[C@H]3CC[C@@]21C. The van der Waals surface area contributed by atoms with Crippen LogP contribution in [0.4, 0.5) is 0 Å². The molecule has 4 aliphatic rings. The average molecular weight is 364 g/mol. The number of Topliss-reactive ketones (excluding diaryl/α,β-unsaturated/α-hetero) is 2. The van der Waals surface area contributed by atoms with Gasteiger partial charge in [0.15, 0.2) is 11.6 Å². The second-order valence-corrected chi connectivity index (χ2v) is 10.0. The Labute approximate surface area is 155 Å². The van der Waals surface area contributed by atoms with Gasteiger partial charge >= 0.3 is 0 Å². The molecule has 4 fully saturated rings. The van der Waals surface area contributed by atoms with Crippen molar-refractivity contribution in [1.29, 1.82) is 0 Å². The summed E-state index contributed by atoms with van der Waals surface area (Å²) in [5, 5.41) is 32.2. The van der Waals surface area contributed by atoms with Gasteiger partial charge in [0, 0.05) is 11.3 Å². The van der Waals surface area contributed by atoms with Crippen molar-refractivity contribution >= 4 is 11.6 Å². The van der Waals surface area contributed by atoms with Crippen LogP contribution in [0.25, 0.3) is 0 Å². The summed E-state index contributed by atoms with van der Waals surface area (Å²) in [5.74, 6) is -0.595. The minimum absolute atomic E-state index is 0.0151. The van der Waals surface area contributed by atoms with Crippen molar-refractivity contribution in [2.24, 2.45) is 34.5 Å². The van der Waals surface area contributed by atoms with Gasteiger partial charge in [-0.2, -0.15) is 0 Å². The van der Waals surface area contributed by atoms with Crippen molar-refractivity contribution in [3.63, 3.8) is 0 Å². The first-order valence-corrected chi connectivity index (χ1v) is 10.2. The molecule has 0 saturated heterocycles. The fraction of sp³-hybridized carbons (Fsp3) is 0.905. The van der Waals surface area contributed by atoms with Crippen LogP contribution in [-0.2, 0) is 9.59 Å². The van der Waals surface area contributed by atoms with E-state index >= 15 is 0 Å². The maximum Gasteiger partial charge on any atom is 0.165 e. The second kappa shape index (κ2) is 5.62. The normalized spacial score (nSPS) is 56.5. The van der Waals surface area contributed by atoms with Gasteiger partial charge in [-0.1, -0.05) is 13.8 Å². The molecule has 0 spiro atoms. The van der Waals surface area contributed by atoms with Crippen molar-refractivity contribution in [2.75, 3.05) is 0 Å². The molecule has 4 aliphatic carbocycles. The van der Waals surface area contributed by atoms with E-state index in [2.05, 4.69) is 6.92 Å². The van der Waals surface area contributed by atoms with Crippen LogP contribution in [-0.4, -0.2) is 44.7 Å². The van der Waals surface area contributed by atoms with Gasteiger partial charge in [-0.15, -0.1) is 0 Å². The molecule has 0 aromatic rings. The molecule has 26 heavy (non-hydrogen) atoms. The molecule has 0 aromatic heterocycles. The van der Waals surface area contributed by atoms with Gasteiger partial charge in [0.25, 0.3) is 0 Å². The van der Waals surface area contributed by atoms with Gasteiger partial charge in [0.2, 0.25) is 0 Å². The lowest BCUT2D eigenvalue weighted by atomic mass is 9.43. The molecule has 0 unspecified atom stereocenters. The summed E-state index contributed by atoms with van der Waals surface area (Å²) in [6, 6.07) is 0. The van der Waals surface area contributed by atoms with Gasteiger partial charge in [-0.05, 0) is 75.0 Å². The minimum atomic E-state index is -1.34. The smallest absolute Gasteiger partial charge is 0.165 e. The molecule has 0 radical (unpaired) electrons. The fourth-order valence-electron chi connectivity index (χ4n) is 7.59. The Kier molecular flexibility index (Phi) is 4.01. The lowest BCUT2D eigenvalue weighted by Crippen LogP contribution is -2.64. The maximum atomic E-state index is 13.1. The van der Waals surface area contributed by atoms with E-state index in [1.807, 2.05) is 6.92 Å². The summed E-state index contributed by atoms with van der Waals surface area (Å²) in [7, 11) is 0. The summed E-state index contributed by atoms with van der Waals surface area (Å²) in [6.45, 7) is 5.61. The molecule has 146 valence electrons. The highest BCUT2D eigenvalue weighted by Gasteiger charge is 2.69. The van der Waals surface area contributed by atoms with Crippen LogP contribution in [0.1, 0.15) is 65.7 Å². The Morgan fingerprint density at radius 3 is 2.35 bits per heavy atom. The molecule has 0 heterocycles. The Bertz CT molecular complexity index is 646.